The van der Waals surface area contributed by atoms with Crippen molar-refractivity contribution in [2.24, 2.45) is 0 Å². The van der Waals surface area contributed by atoms with Crippen LogP contribution in [0.3, 0.4) is 0 Å². The van der Waals surface area contributed by atoms with Gasteiger partial charge in [0.05, 0.1) is 13.2 Å². The molecule has 0 aromatic rings. The van der Waals surface area contributed by atoms with Gasteiger partial charge in [-0.05, 0) is 0 Å². The van der Waals surface area contributed by atoms with Crippen LogP contribution in [0.4, 0.5) is 0 Å². The summed E-state index contributed by atoms with van der Waals surface area (Å²) in [5.41, 5.74) is 0. The van der Waals surface area contributed by atoms with E-state index >= 15 is 0 Å². The lowest BCUT2D eigenvalue weighted by Crippen LogP contribution is -2.34. The topological polar surface area (TPSA) is 36.9 Å². The van der Waals surface area contributed by atoms with Crippen LogP contribution in [0.25, 0.3) is 0 Å². The van der Waals surface area contributed by atoms with E-state index in [2.05, 4.69) is 11.8 Å². The highest BCUT2D eigenvalue weighted by atomic mass is 16.6. The highest BCUT2D eigenvalue weighted by Gasteiger charge is 2.48. The number of hydrogen-bond acceptors (Lipinski definition) is 4. The summed E-state index contributed by atoms with van der Waals surface area (Å²) in [5.74, 6) is 4.86. The van der Waals surface area contributed by atoms with Gasteiger partial charge < -0.3 is 18.9 Å². The second-order valence-corrected chi connectivity index (χ2v) is 3.70. The molecule has 16 heavy (non-hydrogen) atoms. The highest BCUT2D eigenvalue weighted by molar-refractivity contribution is 4.97. The Bertz CT molecular complexity index is 282. The fraction of sp³-hybridized carbons (Fsp3) is 0.667. The fourth-order valence-electron chi connectivity index (χ4n) is 2.03. The third-order valence-corrected chi connectivity index (χ3v) is 2.72. The monoisotopic (exact) mass is 222 g/mol. The van der Waals surface area contributed by atoms with Gasteiger partial charge in [-0.15, -0.1) is 12.8 Å². The van der Waals surface area contributed by atoms with Crippen LogP contribution in [0.5, 0.6) is 0 Å². The van der Waals surface area contributed by atoms with Crippen LogP contribution < -0.4 is 0 Å². The molecule has 0 unspecified atom stereocenters. The summed E-state index contributed by atoms with van der Waals surface area (Å²) in [6.45, 7) is 1.53. The predicted molar refractivity (Wildman–Crippen MR) is 56.6 cm³/mol. The summed E-state index contributed by atoms with van der Waals surface area (Å²) in [6, 6.07) is 0. The molecule has 2 fully saturated rings. The zero-order valence-corrected chi connectivity index (χ0v) is 8.93. The minimum Gasteiger partial charge on any atom is -0.370 e. The van der Waals surface area contributed by atoms with Crippen LogP contribution in [0.2, 0.25) is 0 Å². The number of terminal acetylenes is 2. The van der Waals surface area contributed by atoms with Crippen molar-refractivity contribution in [3.63, 3.8) is 0 Å². The Hall–Kier alpha value is -1.04. The van der Waals surface area contributed by atoms with E-state index in [-0.39, 0.29) is 37.6 Å². The van der Waals surface area contributed by atoms with Gasteiger partial charge in [0.2, 0.25) is 0 Å². The van der Waals surface area contributed by atoms with E-state index in [1.165, 1.54) is 0 Å². The maximum absolute atomic E-state index is 5.58. The molecule has 0 aliphatic carbocycles. The first kappa shape index (κ1) is 11.4. The molecule has 2 rings (SSSR count). The van der Waals surface area contributed by atoms with Crippen molar-refractivity contribution < 1.29 is 18.9 Å². The molecule has 2 heterocycles. The SMILES string of the molecule is C#CCO[C@@H]1CO[C@H]2[C@H]1OC[C@H]2OCC#C. The zero-order valence-electron chi connectivity index (χ0n) is 8.93. The Kier molecular flexibility index (Phi) is 3.82. The Morgan fingerprint density at radius 2 is 1.38 bits per heavy atom. The summed E-state index contributed by atoms with van der Waals surface area (Å²) in [7, 11) is 0. The maximum atomic E-state index is 5.58. The van der Waals surface area contributed by atoms with Crippen LogP contribution >= 0.6 is 0 Å². The number of rotatable bonds is 4. The van der Waals surface area contributed by atoms with Gasteiger partial charge in [0.15, 0.2) is 0 Å². The molecule has 0 aromatic heterocycles. The van der Waals surface area contributed by atoms with Gasteiger partial charge in [0, 0.05) is 0 Å². The molecule has 0 radical (unpaired) electrons. The molecule has 0 N–H and O–H groups in total. The van der Waals surface area contributed by atoms with E-state index in [4.69, 9.17) is 31.8 Å². The second-order valence-electron chi connectivity index (χ2n) is 3.70. The minimum absolute atomic E-state index is 0.0869. The van der Waals surface area contributed by atoms with E-state index < -0.39 is 0 Å². The zero-order chi connectivity index (χ0) is 11.4. The van der Waals surface area contributed by atoms with Gasteiger partial charge in [-0.1, -0.05) is 11.8 Å². The third kappa shape index (κ3) is 2.21. The third-order valence-electron chi connectivity index (χ3n) is 2.72. The second kappa shape index (κ2) is 5.34. The molecular weight excluding hydrogens is 208 g/mol. The molecule has 4 atom stereocenters. The first-order valence-corrected chi connectivity index (χ1v) is 5.20. The van der Waals surface area contributed by atoms with Crippen LogP contribution in [0.1, 0.15) is 0 Å². The first-order chi connectivity index (χ1) is 7.86. The molecular formula is C12H14O4. The van der Waals surface area contributed by atoms with Gasteiger partial charge in [-0.25, -0.2) is 0 Å². The molecule has 0 aromatic carbocycles. The number of ether oxygens (including phenoxy) is 4. The normalized spacial score (nSPS) is 36.6. The van der Waals surface area contributed by atoms with E-state index in [9.17, 15) is 0 Å². The molecule has 0 amide bonds. The van der Waals surface area contributed by atoms with Crippen molar-refractivity contribution in [3.05, 3.63) is 0 Å². The minimum atomic E-state index is -0.0968. The summed E-state index contributed by atoms with van der Waals surface area (Å²) in [4.78, 5) is 0. The molecule has 2 aliphatic rings. The Morgan fingerprint density at radius 3 is 1.75 bits per heavy atom. The van der Waals surface area contributed by atoms with Crippen molar-refractivity contribution in [1.82, 2.24) is 0 Å². The first-order valence-electron chi connectivity index (χ1n) is 5.20. The van der Waals surface area contributed by atoms with Crippen molar-refractivity contribution in [3.8, 4) is 24.7 Å². The molecule has 0 bridgehead atoms. The van der Waals surface area contributed by atoms with Crippen molar-refractivity contribution >= 4 is 0 Å². The average molecular weight is 222 g/mol. The summed E-state index contributed by atoms with van der Waals surface area (Å²) < 4.78 is 22.0. The summed E-state index contributed by atoms with van der Waals surface area (Å²) in [6.07, 6.45) is 9.90. The Balaban J connectivity index is 1.86. The Morgan fingerprint density at radius 1 is 0.938 bits per heavy atom. The number of fused-ring (bicyclic) bond motifs is 1. The maximum Gasteiger partial charge on any atom is 0.115 e. The van der Waals surface area contributed by atoms with Crippen molar-refractivity contribution in [2.45, 2.75) is 24.4 Å². The molecule has 2 saturated heterocycles. The van der Waals surface area contributed by atoms with Crippen LogP contribution in [-0.2, 0) is 18.9 Å². The van der Waals surface area contributed by atoms with Crippen molar-refractivity contribution in [2.75, 3.05) is 26.4 Å². The molecule has 2 aliphatic heterocycles. The Labute approximate surface area is 95.2 Å². The van der Waals surface area contributed by atoms with E-state index in [0.29, 0.717) is 13.2 Å². The molecule has 4 heteroatoms. The van der Waals surface area contributed by atoms with E-state index in [1.807, 2.05) is 0 Å². The number of hydrogen-bond donors (Lipinski definition) is 0. The van der Waals surface area contributed by atoms with Crippen molar-refractivity contribution in [1.29, 1.82) is 0 Å². The van der Waals surface area contributed by atoms with Gasteiger partial charge in [0.1, 0.15) is 37.6 Å². The fourth-order valence-corrected chi connectivity index (χ4v) is 2.03. The quantitative estimate of drug-likeness (QED) is 0.618. The standard InChI is InChI=1S/C12H14O4/c1-3-5-13-9-7-15-12-10(14-6-4-2)8-16-11(9)12/h1-2,9-12H,5-8H2/t9-,10-,11-,12+/m1/s1. The molecule has 0 saturated carbocycles. The van der Waals surface area contributed by atoms with E-state index in [0.717, 1.165) is 0 Å². The lowest BCUT2D eigenvalue weighted by Gasteiger charge is -2.15. The van der Waals surface area contributed by atoms with Crippen LogP contribution in [0, 0.1) is 24.7 Å². The molecule has 0 spiro atoms. The average Bonchev–Trinajstić information content (AvgIpc) is 2.86. The van der Waals surface area contributed by atoms with Crippen LogP contribution in [0.15, 0.2) is 0 Å². The smallest absolute Gasteiger partial charge is 0.115 e. The van der Waals surface area contributed by atoms with Gasteiger partial charge >= 0.3 is 0 Å². The predicted octanol–water partition coefficient (Wildman–Crippen LogP) is -0.179. The summed E-state index contributed by atoms with van der Waals surface area (Å²) in [5, 5.41) is 0. The van der Waals surface area contributed by atoms with Gasteiger partial charge in [-0.2, -0.15) is 0 Å². The lowest BCUT2D eigenvalue weighted by atomic mass is 10.1. The van der Waals surface area contributed by atoms with E-state index in [1.54, 1.807) is 0 Å². The van der Waals surface area contributed by atoms with Gasteiger partial charge in [-0.3, -0.25) is 0 Å². The molecule has 4 nitrogen and oxygen atoms in total. The highest BCUT2D eigenvalue weighted by Crippen LogP contribution is 2.30. The van der Waals surface area contributed by atoms with Gasteiger partial charge in [0.25, 0.3) is 0 Å². The molecule has 86 valence electrons. The largest absolute Gasteiger partial charge is 0.370 e. The lowest BCUT2D eigenvalue weighted by molar-refractivity contribution is -0.0385. The van der Waals surface area contributed by atoms with Crippen LogP contribution in [-0.4, -0.2) is 50.8 Å². The summed E-state index contributed by atoms with van der Waals surface area (Å²) >= 11 is 0.